The molecule has 1 nitrogen and oxygen atoms in total. The van der Waals surface area contributed by atoms with Crippen LogP contribution in [0, 0.1) is 0 Å². The maximum absolute atomic E-state index is 6.14. The summed E-state index contributed by atoms with van der Waals surface area (Å²) >= 11 is 0. The molecule has 0 amide bonds. The zero-order valence-corrected chi connectivity index (χ0v) is 17.2. The Morgan fingerprint density at radius 2 is 1.27 bits per heavy atom. The van der Waals surface area contributed by atoms with Crippen molar-refractivity contribution in [1.29, 1.82) is 0 Å². The Bertz CT molecular complexity index is 1120. The molecule has 0 fully saturated rings. The number of benzene rings is 4. The summed E-state index contributed by atoms with van der Waals surface area (Å²) in [6, 6.07) is 22.3. The molecule has 4 aromatic carbocycles. The number of hydrogen-bond acceptors (Lipinski definition) is 1. The van der Waals surface area contributed by atoms with Gasteiger partial charge < -0.3 is 4.43 Å². The highest BCUT2D eigenvalue weighted by Gasteiger charge is 2.19. The molecule has 0 saturated carbocycles. The molecule has 131 valence electrons. The van der Waals surface area contributed by atoms with Crippen molar-refractivity contribution in [2.45, 2.75) is 39.3 Å². The normalized spacial score (nSPS) is 12.4. The molecule has 0 heterocycles. The van der Waals surface area contributed by atoms with Crippen LogP contribution >= 0.6 is 0 Å². The molecule has 0 unspecified atom stereocenters. The van der Waals surface area contributed by atoms with E-state index in [1.165, 1.54) is 37.9 Å². The molecule has 2 heteroatoms. The van der Waals surface area contributed by atoms with Crippen LogP contribution in [0.3, 0.4) is 0 Å². The molecule has 0 N–H and O–H groups in total. The highest BCUT2D eigenvalue weighted by atomic mass is 28.3. The Labute approximate surface area is 157 Å². The van der Waals surface area contributed by atoms with Crippen LogP contribution in [0.1, 0.15) is 26.3 Å². The van der Waals surface area contributed by atoms with Gasteiger partial charge in [0.25, 0.3) is 9.04 Å². The fraction of sp³-hybridized carbons (Fsp3) is 0.250. The summed E-state index contributed by atoms with van der Waals surface area (Å²) in [7, 11) is -0.787. The first kappa shape index (κ1) is 17.1. The first-order valence-electron chi connectivity index (χ1n) is 9.20. The van der Waals surface area contributed by atoms with Crippen LogP contribution in [0.5, 0.6) is 5.75 Å². The molecular weight excluding hydrogens is 332 g/mol. The Morgan fingerprint density at radius 1 is 0.692 bits per heavy atom. The molecule has 1 radical (unpaired) electrons. The average Bonchev–Trinajstić information content (AvgIpc) is 2.56. The topological polar surface area (TPSA) is 9.23 Å². The van der Waals surface area contributed by atoms with Crippen LogP contribution in [0.2, 0.25) is 13.1 Å². The highest BCUT2D eigenvalue weighted by Crippen LogP contribution is 2.37. The molecule has 4 aromatic rings. The zero-order chi connectivity index (χ0) is 18.5. The van der Waals surface area contributed by atoms with Crippen LogP contribution in [0.15, 0.2) is 60.7 Å². The lowest BCUT2D eigenvalue weighted by molar-refractivity contribution is 0.564. The maximum atomic E-state index is 6.14. The molecule has 0 aliphatic heterocycles. The fourth-order valence-corrected chi connectivity index (χ4v) is 4.28. The van der Waals surface area contributed by atoms with Gasteiger partial charge in [-0.15, -0.1) is 0 Å². The Hall–Kier alpha value is -2.32. The Morgan fingerprint density at radius 3 is 1.85 bits per heavy atom. The molecule has 0 atom stereocenters. The predicted molar refractivity (Wildman–Crippen MR) is 116 cm³/mol. The van der Waals surface area contributed by atoms with E-state index in [4.69, 9.17) is 4.43 Å². The summed E-state index contributed by atoms with van der Waals surface area (Å²) in [6.45, 7) is 11.2. The summed E-state index contributed by atoms with van der Waals surface area (Å²) in [4.78, 5) is 0. The Balaban J connectivity index is 2.05. The number of fused-ring (bicyclic) bond motifs is 3. The maximum Gasteiger partial charge on any atom is 0.274 e. The van der Waals surface area contributed by atoms with E-state index >= 15 is 0 Å². The lowest BCUT2D eigenvalue weighted by Crippen LogP contribution is -2.15. The first-order chi connectivity index (χ1) is 12.3. The van der Waals surface area contributed by atoms with Gasteiger partial charge in [0.05, 0.1) is 0 Å². The minimum absolute atomic E-state index is 0.0660. The van der Waals surface area contributed by atoms with Crippen molar-refractivity contribution in [2.24, 2.45) is 0 Å². The lowest BCUT2D eigenvalue weighted by Gasteiger charge is -2.23. The predicted octanol–water partition coefficient (Wildman–Crippen LogP) is 7.07. The second-order valence-electron chi connectivity index (χ2n) is 8.35. The van der Waals surface area contributed by atoms with Crippen LogP contribution in [0.4, 0.5) is 0 Å². The third-order valence-corrected chi connectivity index (χ3v) is 5.52. The molecular formula is C24H25OSi. The van der Waals surface area contributed by atoms with Gasteiger partial charge in [-0.2, -0.15) is 0 Å². The summed E-state index contributed by atoms with van der Waals surface area (Å²) in [5, 5.41) is 7.75. The first-order valence-corrected chi connectivity index (χ1v) is 11.6. The smallest absolute Gasteiger partial charge is 0.274 e. The van der Waals surface area contributed by atoms with Gasteiger partial charge in [-0.05, 0) is 92.8 Å². The van der Waals surface area contributed by atoms with Gasteiger partial charge >= 0.3 is 0 Å². The van der Waals surface area contributed by atoms with Crippen molar-refractivity contribution in [1.82, 2.24) is 0 Å². The largest absolute Gasteiger partial charge is 0.543 e. The van der Waals surface area contributed by atoms with Gasteiger partial charge in [0.2, 0.25) is 0 Å². The van der Waals surface area contributed by atoms with Gasteiger partial charge in [-0.3, -0.25) is 0 Å². The van der Waals surface area contributed by atoms with E-state index in [0.29, 0.717) is 0 Å². The number of rotatable bonds is 2. The SMILES string of the molecule is C[Si](C)Oc1cc(C(C)(C)C)c2cc3cc4ccccc4cc3cc2c1. The van der Waals surface area contributed by atoms with E-state index < -0.39 is 9.04 Å². The second-order valence-corrected chi connectivity index (χ2v) is 10.4. The van der Waals surface area contributed by atoms with Crippen molar-refractivity contribution >= 4 is 41.4 Å². The van der Waals surface area contributed by atoms with Crippen LogP contribution in [-0.4, -0.2) is 9.04 Å². The fourth-order valence-electron chi connectivity index (χ4n) is 3.69. The van der Waals surface area contributed by atoms with Crippen molar-refractivity contribution in [3.05, 3.63) is 66.2 Å². The summed E-state index contributed by atoms with van der Waals surface area (Å²) in [6.07, 6.45) is 0. The lowest BCUT2D eigenvalue weighted by atomic mass is 9.83. The summed E-state index contributed by atoms with van der Waals surface area (Å²) in [5.41, 5.74) is 1.42. The van der Waals surface area contributed by atoms with Crippen molar-refractivity contribution < 1.29 is 4.43 Å². The number of hydrogen-bond donors (Lipinski definition) is 0. The molecule has 0 saturated heterocycles. The van der Waals surface area contributed by atoms with E-state index in [1.54, 1.807) is 0 Å². The molecule has 0 aromatic heterocycles. The summed E-state index contributed by atoms with van der Waals surface area (Å²) in [5.74, 6) is 1.00. The second kappa shape index (κ2) is 6.13. The van der Waals surface area contributed by atoms with Crippen LogP contribution in [0.25, 0.3) is 32.3 Å². The van der Waals surface area contributed by atoms with Crippen LogP contribution < -0.4 is 4.43 Å². The minimum atomic E-state index is -0.787. The zero-order valence-electron chi connectivity index (χ0n) is 16.2. The van der Waals surface area contributed by atoms with E-state index in [-0.39, 0.29) is 5.41 Å². The van der Waals surface area contributed by atoms with Gasteiger partial charge in [0.1, 0.15) is 5.75 Å². The van der Waals surface area contributed by atoms with Crippen molar-refractivity contribution in [3.8, 4) is 5.75 Å². The third-order valence-electron chi connectivity index (χ3n) is 4.88. The minimum Gasteiger partial charge on any atom is -0.543 e. The standard InChI is InChI=1S/C24H25OSi/c1-24(2,3)23-15-21(25-26(4)5)13-20-12-18-10-16-8-6-7-9-17(16)11-19(18)14-22(20)23/h6-15H,1-5H3. The molecule has 0 aliphatic rings. The van der Waals surface area contributed by atoms with E-state index in [2.05, 4.69) is 94.5 Å². The monoisotopic (exact) mass is 357 g/mol. The molecule has 26 heavy (non-hydrogen) atoms. The van der Waals surface area contributed by atoms with E-state index in [0.717, 1.165) is 5.75 Å². The van der Waals surface area contributed by atoms with Gasteiger partial charge in [0, 0.05) is 0 Å². The average molecular weight is 358 g/mol. The van der Waals surface area contributed by atoms with Gasteiger partial charge in [-0.25, -0.2) is 0 Å². The van der Waals surface area contributed by atoms with Crippen molar-refractivity contribution in [2.75, 3.05) is 0 Å². The van der Waals surface area contributed by atoms with Crippen LogP contribution in [-0.2, 0) is 5.41 Å². The molecule has 0 bridgehead atoms. The van der Waals surface area contributed by atoms with E-state index in [1.807, 2.05) is 0 Å². The van der Waals surface area contributed by atoms with E-state index in [9.17, 15) is 0 Å². The molecule has 0 spiro atoms. The Kier molecular flexibility index (Phi) is 4.04. The highest BCUT2D eigenvalue weighted by molar-refractivity contribution is 6.49. The molecule has 0 aliphatic carbocycles. The van der Waals surface area contributed by atoms with Crippen molar-refractivity contribution in [3.63, 3.8) is 0 Å². The quantitative estimate of drug-likeness (QED) is 0.275. The van der Waals surface area contributed by atoms with Gasteiger partial charge in [0.15, 0.2) is 0 Å². The summed E-state index contributed by atoms with van der Waals surface area (Å²) < 4.78 is 6.14. The third kappa shape index (κ3) is 3.10. The molecule has 4 rings (SSSR count). The van der Waals surface area contributed by atoms with Gasteiger partial charge in [-0.1, -0.05) is 45.0 Å².